The predicted octanol–water partition coefficient (Wildman–Crippen LogP) is -2.23. The van der Waals surface area contributed by atoms with E-state index < -0.39 is 42.8 Å². The van der Waals surface area contributed by atoms with Gasteiger partial charge < -0.3 is 51.7 Å². The number of hydrogen-bond donors (Lipinski definition) is 6. The summed E-state index contributed by atoms with van der Waals surface area (Å²) in [5.74, 6) is 0. The fourth-order valence-electron chi connectivity index (χ4n) is 4.37. The van der Waals surface area contributed by atoms with Gasteiger partial charge in [0.05, 0.1) is 24.9 Å². The Morgan fingerprint density at radius 1 is 1.00 bits per heavy atom. The molecule has 3 rings (SSSR count). The highest BCUT2D eigenvalue weighted by Gasteiger charge is 2.47. The predicted molar refractivity (Wildman–Crippen MR) is 106 cm³/mol. The molecule has 11 atom stereocenters. The van der Waals surface area contributed by atoms with Crippen LogP contribution in [0.2, 0.25) is 0 Å². The summed E-state index contributed by atoms with van der Waals surface area (Å²) in [7, 11) is 1.88. The lowest BCUT2D eigenvalue weighted by Crippen LogP contribution is -2.65. The highest BCUT2D eigenvalue weighted by Crippen LogP contribution is 2.29. The minimum absolute atomic E-state index is 0.0400. The lowest BCUT2D eigenvalue weighted by Gasteiger charge is -2.46. The van der Waals surface area contributed by atoms with E-state index in [1.54, 1.807) is 0 Å². The molecule has 0 aromatic rings. The molecule has 0 radical (unpaired) electrons. The molecular weight excluding hydrogens is 380 g/mol. The van der Waals surface area contributed by atoms with Crippen LogP contribution in [0, 0.1) is 0 Å². The molecule has 0 spiro atoms. The normalized spacial score (nSPS) is 47.7. The lowest BCUT2D eigenvalue weighted by atomic mass is 9.84. The molecule has 10 nitrogen and oxygen atoms in total. The zero-order valence-corrected chi connectivity index (χ0v) is 17.4. The van der Waals surface area contributed by atoms with Gasteiger partial charge in [0.2, 0.25) is 0 Å². The highest BCUT2D eigenvalue weighted by molar-refractivity contribution is 5.00. The van der Waals surface area contributed by atoms with Crippen molar-refractivity contribution in [2.75, 3.05) is 20.3 Å². The molecule has 0 aromatic heterocycles. The van der Waals surface area contributed by atoms with Crippen molar-refractivity contribution in [1.82, 2.24) is 5.32 Å². The average Bonchev–Trinajstić information content (AvgIpc) is 2.70. The largest absolute Gasteiger partial charge is 0.388 e. The van der Waals surface area contributed by atoms with Crippen LogP contribution in [-0.2, 0) is 18.9 Å². The Bertz CT molecular complexity index is 517. The molecule has 10 heteroatoms. The van der Waals surface area contributed by atoms with Gasteiger partial charge >= 0.3 is 0 Å². The Balaban J connectivity index is 1.65. The van der Waals surface area contributed by atoms with Crippen LogP contribution in [0.3, 0.4) is 0 Å². The van der Waals surface area contributed by atoms with Crippen molar-refractivity contribution in [2.24, 2.45) is 17.2 Å². The van der Waals surface area contributed by atoms with Gasteiger partial charge in [-0.15, -0.1) is 0 Å². The van der Waals surface area contributed by atoms with Gasteiger partial charge in [-0.2, -0.15) is 0 Å². The minimum atomic E-state index is -1.05. The average molecular weight is 419 g/mol. The van der Waals surface area contributed by atoms with E-state index in [1.165, 1.54) is 0 Å². The van der Waals surface area contributed by atoms with E-state index in [1.807, 2.05) is 14.0 Å². The number of rotatable bonds is 6. The Morgan fingerprint density at radius 2 is 1.69 bits per heavy atom. The second-order valence-corrected chi connectivity index (χ2v) is 8.59. The number of aliphatic hydroxyl groups is 2. The molecule has 1 aliphatic carbocycles. The number of hydrogen-bond acceptors (Lipinski definition) is 10. The number of aliphatic hydroxyl groups excluding tert-OH is 2. The topological polar surface area (TPSA) is 167 Å². The second-order valence-electron chi connectivity index (χ2n) is 8.59. The molecular formula is C19H38N4O6. The van der Waals surface area contributed by atoms with E-state index in [0.29, 0.717) is 32.5 Å². The SMILES string of the molecule is CN[C@H](C)[C@@H]1C[C@H](O[C@H]2[C@@H](O)[C@@H](O[C@@H]3OCCC[C@@H]3O)[C@@H](N)C[C@H]2N)[C@@H](N)CO1. The third-order valence-corrected chi connectivity index (χ3v) is 6.38. The maximum absolute atomic E-state index is 11.0. The minimum Gasteiger partial charge on any atom is -0.388 e. The van der Waals surface area contributed by atoms with Crippen molar-refractivity contribution >= 4 is 0 Å². The fourth-order valence-corrected chi connectivity index (χ4v) is 4.37. The number of likely N-dealkylation sites (N-methyl/N-ethyl adjacent to an activating group) is 1. The highest BCUT2D eigenvalue weighted by atomic mass is 16.7. The van der Waals surface area contributed by atoms with E-state index in [0.717, 1.165) is 6.42 Å². The summed E-state index contributed by atoms with van der Waals surface area (Å²) >= 11 is 0. The molecule has 2 saturated heterocycles. The van der Waals surface area contributed by atoms with E-state index in [9.17, 15) is 10.2 Å². The van der Waals surface area contributed by atoms with Crippen LogP contribution in [0.15, 0.2) is 0 Å². The van der Waals surface area contributed by atoms with Gasteiger partial charge in [0, 0.05) is 31.2 Å². The van der Waals surface area contributed by atoms with Crippen LogP contribution in [0.25, 0.3) is 0 Å². The molecule has 2 heterocycles. The van der Waals surface area contributed by atoms with E-state index in [2.05, 4.69) is 5.32 Å². The summed E-state index contributed by atoms with van der Waals surface area (Å²) in [6.45, 7) is 2.92. The van der Waals surface area contributed by atoms with Crippen molar-refractivity contribution in [2.45, 2.75) is 99.7 Å². The van der Waals surface area contributed by atoms with E-state index >= 15 is 0 Å². The standard InChI is InChI=1S/C19H38N4O6/c1-9(23-2)14-7-15(12(22)8-27-14)28-17-10(20)6-11(21)18(16(17)25)29-19-13(24)4-3-5-26-19/h9-19,23-25H,3-8,20-22H2,1-2H3/t9-,10-,11+,12+,13+,14+,15+,16-,17-,18+,19+/m1/s1. The van der Waals surface area contributed by atoms with Gasteiger partial charge in [-0.05, 0) is 33.2 Å². The first kappa shape index (κ1) is 23.3. The zero-order valence-electron chi connectivity index (χ0n) is 17.4. The Morgan fingerprint density at radius 3 is 2.34 bits per heavy atom. The second kappa shape index (κ2) is 10.3. The van der Waals surface area contributed by atoms with Gasteiger partial charge in [-0.1, -0.05) is 0 Å². The first-order valence-corrected chi connectivity index (χ1v) is 10.7. The van der Waals surface area contributed by atoms with Crippen molar-refractivity contribution < 1.29 is 29.2 Å². The fraction of sp³-hybridized carbons (Fsp3) is 1.00. The van der Waals surface area contributed by atoms with Crippen molar-refractivity contribution in [1.29, 1.82) is 0 Å². The third kappa shape index (κ3) is 5.45. The summed E-state index contributed by atoms with van der Waals surface area (Å²) in [4.78, 5) is 0. The quantitative estimate of drug-likeness (QED) is 0.278. The van der Waals surface area contributed by atoms with Crippen LogP contribution < -0.4 is 22.5 Å². The Labute approximate surface area is 172 Å². The molecule has 0 aromatic carbocycles. The summed E-state index contributed by atoms with van der Waals surface area (Å²) < 4.78 is 23.5. The third-order valence-electron chi connectivity index (χ3n) is 6.38. The van der Waals surface area contributed by atoms with Crippen LogP contribution in [-0.4, -0.2) is 97.6 Å². The molecule has 3 aliphatic rings. The number of nitrogens with two attached hydrogens (primary N) is 3. The van der Waals surface area contributed by atoms with Gasteiger partial charge in [-0.25, -0.2) is 0 Å². The molecule has 3 fully saturated rings. The molecule has 9 N–H and O–H groups in total. The Hall–Kier alpha value is -0.400. The van der Waals surface area contributed by atoms with Gasteiger partial charge in [0.1, 0.15) is 24.4 Å². The van der Waals surface area contributed by atoms with Crippen LogP contribution in [0.4, 0.5) is 0 Å². The number of nitrogens with one attached hydrogen (secondary N) is 1. The van der Waals surface area contributed by atoms with Gasteiger partial charge in [0.25, 0.3) is 0 Å². The monoisotopic (exact) mass is 418 g/mol. The smallest absolute Gasteiger partial charge is 0.183 e. The van der Waals surface area contributed by atoms with Gasteiger partial charge in [0.15, 0.2) is 6.29 Å². The van der Waals surface area contributed by atoms with Crippen LogP contribution in [0.5, 0.6) is 0 Å². The first-order valence-electron chi connectivity index (χ1n) is 10.7. The van der Waals surface area contributed by atoms with Crippen LogP contribution in [0.1, 0.15) is 32.6 Å². The van der Waals surface area contributed by atoms with E-state index in [-0.39, 0.29) is 24.3 Å². The summed E-state index contributed by atoms with van der Waals surface area (Å²) in [5.41, 5.74) is 18.7. The van der Waals surface area contributed by atoms with E-state index in [4.69, 9.17) is 36.1 Å². The lowest BCUT2D eigenvalue weighted by molar-refractivity contribution is -0.269. The van der Waals surface area contributed by atoms with Crippen LogP contribution >= 0.6 is 0 Å². The molecule has 0 amide bonds. The maximum atomic E-state index is 11.0. The maximum Gasteiger partial charge on any atom is 0.183 e. The van der Waals surface area contributed by atoms with Crippen molar-refractivity contribution in [3.8, 4) is 0 Å². The summed E-state index contributed by atoms with van der Waals surface area (Å²) in [6.07, 6.45) is -2.01. The van der Waals surface area contributed by atoms with Gasteiger partial charge in [-0.3, -0.25) is 0 Å². The summed E-state index contributed by atoms with van der Waals surface area (Å²) in [6, 6.07) is -1.11. The first-order chi connectivity index (χ1) is 13.8. The molecule has 2 aliphatic heterocycles. The zero-order chi connectivity index (χ0) is 21.1. The molecule has 170 valence electrons. The number of ether oxygens (including phenoxy) is 4. The molecule has 0 bridgehead atoms. The van der Waals surface area contributed by atoms with Crippen molar-refractivity contribution in [3.05, 3.63) is 0 Å². The molecule has 1 saturated carbocycles. The Kier molecular flexibility index (Phi) is 8.24. The van der Waals surface area contributed by atoms with Crippen molar-refractivity contribution in [3.63, 3.8) is 0 Å². The molecule has 29 heavy (non-hydrogen) atoms. The molecule has 0 unspecified atom stereocenters. The summed E-state index contributed by atoms with van der Waals surface area (Å²) in [5, 5.41) is 24.3.